The minimum Gasteiger partial charge on any atom is -0.397 e. The summed E-state index contributed by atoms with van der Waals surface area (Å²) in [5.74, 6) is 3.91. The average molecular weight is 270 g/mol. The topological polar surface area (TPSA) is 29.3 Å². The van der Waals surface area contributed by atoms with Gasteiger partial charge in [-0.25, -0.2) is 0 Å². The van der Waals surface area contributed by atoms with Gasteiger partial charge in [0, 0.05) is 13.1 Å². The predicted molar refractivity (Wildman–Crippen MR) is 84.8 cm³/mol. The van der Waals surface area contributed by atoms with Crippen LogP contribution < -0.4 is 10.6 Å². The van der Waals surface area contributed by atoms with Crippen molar-refractivity contribution in [2.45, 2.75) is 45.1 Å². The van der Waals surface area contributed by atoms with Crippen LogP contribution in [0.2, 0.25) is 0 Å². The molecular formula is C18H26N2. The number of anilines is 2. The minimum atomic E-state index is 0.729. The largest absolute Gasteiger partial charge is 0.397 e. The summed E-state index contributed by atoms with van der Waals surface area (Å²) >= 11 is 0. The van der Waals surface area contributed by atoms with Crippen molar-refractivity contribution in [2.24, 2.45) is 23.7 Å². The van der Waals surface area contributed by atoms with E-state index in [1.165, 1.54) is 43.4 Å². The van der Waals surface area contributed by atoms with E-state index in [1.807, 2.05) is 0 Å². The van der Waals surface area contributed by atoms with Crippen LogP contribution >= 0.6 is 0 Å². The Morgan fingerprint density at radius 3 is 2.15 bits per heavy atom. The molecular weight excluding hydrogens is 244 g/mol. The van der Waals surface area contributed by atoms with Gasteiger partial charge in [-0.05, 0) is 80.4 Å². The first-order chi connectivity index (χ1) is 9.61. The van der Waals surface area contributed by atoms with E-state index in [-0.39, 0.29) is 0 Å². The number of benzene rings is 1. The Hall–Kier alpha value is -1.18. The monoisotopic (exact) mass is 270 g/mol. The molecule has 4 bridgehead atoms. The molecule has 4 fully saturated rings. The van der Waals surface area contributed by atoms with Gasteiger partial charge in [0.05, 0.1) is 11.4 Å². The molecule has 0 unspecified atom stereocenters. The van der Waals surface area contributed by atoms with Gasteiger partial charge in [0.25, 0.3) is 0 Å². The van der Waals surface area contributed by atoms with Gasteiger partial charge in [-0.1, -0.05) is 6.07 Å². The van der Waals surface area contributed by atoms with Crippen molar-refractivity contribution in [2.75, 3.05) is 17.7 Å². The van der Waals surface area contributed by atoms with Crippen molar-refractivity contribution in [3.63, 3.8) is 0 Å². The molecule has 20 heavy (non-hydrogen) atoms. The molecule has 1 aromatic carbocycles. The highest BCUT2D eigenvalue weighted by Crippen LogP contribution is 2.55. The van der Waals surface area contributed by atoms with E-state index in [2.05, 4.69) is 37.1 Å². The normalized spacial score (nSPS) is 38.2. The van der Waals surface area contributed by atoms with Crippen molar-refractivity contribution in [3.05, 3.63) is 23.8 Å². The van der Waals surface area contributed by atoms with Crippen LogP contribution in [-0.4, -0.2) is 13.1 Å². The molecule has 1 aromatic rings. The van der Waals surface area contributed by atoms with Crippen LogP contribution in [0.1, 0.15) is 37.7 Å². The van der Waals surface area contributed by atoms with Gasteiger partial charge >= 0.3 is 0 Å². The zero-order valence-corrected chi connectivity index (χ0v) is 12.7. The Balaban J connectivity index is 1.63. The highest BCUT2D eigenvalue weighted by molar-refractivity contribution is 5.68. The predicted octanol–water partition coefficient (Wildman–Crippen LogP) is 3.84. The molecule has 2 N–H and O–H groups in total. The summed E-state index contributed by atoms with van der Waals surface area (Å²) in [4.78, 5) is 2.52. The molecule has 0 heterocycles. The van der Waals surface area contributed by atoms with Gasteiger partial charge in [-0.15, -0.1) is 0 Å². The molecule has 0 atom stereocenters. The van der Waals surface area contributed by atoms with E-state index in [9.17, 15) is 0 Å². The van der Waals surface area contributed by atoms with Crippen molar-refractivity contribution in [1.29, 1.82) is 0 Å². The smallest absolute Gasteiger partial charge is 0.0600 e. The van der Waals surface area contributed by atoms with Gasteiger partial charge < -0.3 is 10.6 Å². The van der Waals surface area contributed by atoms with Crippen LogP contribution in [0.25, 0.3) is 0 Å². The summed E-state index contributed by atoms with van der Waals surface area (Å²) in [7, 11) is 2.27. The first-order valence-electron chi connectivity index (χ1n) is 8.20. The van der Waals surface area contributed by atoms with Crippen molar-refractivity contribution < 1.29 is 0 Å². The second-order valence-corrected chi connectivity index (χ2v) is 7.59. The zero-order chi connectivity index (χ0) is 13.9. The maximum atomic E-state index is 6.27. The highest BCUT2D eigenvalue weighted by atomic mass is 15.2. The van der Waals surface area contributed by atoms with Crippen molar-refractivity contribution >= 4 is 11.4 Å². The second-order valence-electron chi connectivity index (χ2n) is 7.59. The summed E-state index contributed by atoms with van der Waals surface area (Å²) in [6, 6.07) is 7.25. The van der Waals surface area contributed by atoms with E-state index in [0.717, 1.165) is 35.4 Å². The number of nitrogens with two attached hydrogens (primary N) is 1. The van der Waals surface area contributed by atoms with E-state index < -0.39 is 0 Å². The summed E-state index contributed by atoms with van der Waals surface area (Å²) in [6.07, 6.45) is 7.39. The molecule has 2 heteroatoms. The lowest BCUT2D eigenvalue weighted by molar-refractivity contribution is -0.00118. The van der Waals surface area contributed by atoms with E-state index in [1.54, 1.807) is 0 Å². The molecule has 4 aliphatic rings. The summed E-state index contributed by atoms with van der Waals surface area (Å²) in [6.45, 7) is 2.11. The Morgan fingerprint density at radius 1 is 1.00 bits per heavy atom. The van der Waals surface area contributed by atoms with Gasteiger partial charge in [0.15, 0.2) is 0 Å². The van der Waals surface area contributed by atoms with E-state index in [4.69, 9.17) is 5.73 Å². The molecule has 0 radical (unpaired) electrons. The summed E-state index contributed by atoms with van der Waals surface area (Å²) in [5, 5.41) is 0. The number of aryl methyl sites for hydroxylation is 1. The van der Waals surface area contributed by atoms with Crippen LogP contribution in [0.3, 0.4) is 0 Å². The Morgan fingerprint density at radius 2 is 1.60 bits per heavy atom. The fourth-order valence-electron chi connectivity index (χ4n) is 5.68. The molecule has 4 saturated carbocycles. The van der Waals surface area contributed by atoms with Crippen molar-refractivity contribution in [3.8, 4) is 0 Å². The number of hydrogen-bond donors (Lipinski definition) is 1. The van der Waals surface area contributed by atoms with E-state index >= 15 is 0 Å². The number of rotatable bonds is 2. The Kier molecular flexibility index (Phi) is 2.77. The highest BCUT2D eigenvalue weighted by Gasteiger charge is 2.49. The lowest BCUT2D eigenvalue weighted by Crippen LogP contribution is -2.55. The minimum absolute atomic E-state index is 0.729. The lowest BCUT2D eigenvalue weighted by atomic mass is 9.54. The van der Waals surface area contributed by atoms with Gasteiger partial charge in [-0.2, -0.15) is 0 Å². The van der Waals surface area contributed by atoms with Gasteiger partial charge in [0.1, 0.15) is 0 Å². The molecule has 5 rings (SSSR count). The quantitative estimate of drug-likeness (QED) is 0.827. The molecule has 0 saturated heterocycles. The molecule has 4 aliphatic carbocycles. The maximum Gasteiger partial charge on any atom is 0.0600 e. The molecule has 0 aromatic heterocycles. The first-order valence-corrected chi connectivity index (χ1v) is 8.20. The molecule has 0 spiro atoms. The van der Waals surface area contributed by atoms with Crippen LogP contribution in [0, 0.1) is 30.6 Å². The van der Waals surface area contributed by atoms with Crippen LogP contribution in [0.4, 0.5) is 11.4 Å². The third-order valence-electron chi connectivity index (χ3n) is 6.19. The standard InChI is InChI=1S/C18H26N2/c1-11-3-4-17(16(19)5-11)20(2)18-14-7-12-6-13(9-14)10-15(18)8-12/h3-5,12-15,18H,6-10,19H2,1-2H3. The molecule has 0 aliphatic heterocycles. The van der Waals surface area contributed by atoms with E-state index in [0.29, 0.717) is 0 Å². The fraction of sp³-hybridized carbons (Fsp3) is 0.667. The van der Waals surface area contributed by atoms with Crippen LogP contribution in [-0.2, 0) is 0 Å². The first kappa shape index (κ1) is 12.6. The van der Waals surface area contributed by atoms with Crippen LogP contribution in [0.5, 0.6) is 0 Å². The molecule has 0 amide bonds. The Bertz CT molecular complexity index is 494. The van der Waals surface area contributed by atoms with Gasteiger partial charge in [-0.3, -0.25) is 0 Å². The van der Waals surface area contributed by atoms with Crippen molar-refractivity contribution in [1.82, 2.24) is 0 Å². The SMILES string of the molecule is Cc1ccc(N(C)C2C3CC4CC(C3)CC2C4)c(N)c1. The average Bonchev–Trinajstić information content (AvgIpc) is 2.37. The third-order valence-corrected chi connectivity index (χ3v) is 6.19. The van der Waals surface area contributed by atoms with Crippen LogP contribution in [0.15, 0.2) is 18.2 Å². The number of nitrogen functional groups attached to an aromatic ring is 1. The van der Waals surface area contributed by atoms with Gasteiger partial charge in [0.2, 0.25) is 0 Å². The number of nitrogens with zero attached hydrogens (tertiary/aromatic N) is 1. The third kappa shape index (κ3) is 1.84. The lowest BCUT2D eigenvalue weighted by Gasteiger charge is -2.57. The Labute approximate surface area is 122 Å². The second kappa shape index (κ2) is 4.41. The number of hydrogen-bond acceptors (Lipinski definition) is 2. The summed E-state index contributed by atoms with van der Waals surface area (Å²) < 4.78 is 0. The zero-order valence-electron chi connectivity index (χ0n) is 12.7. The maximum absolute atomic E-state index is 6.27. The summed E-state index contributed by atoms with van der Waals surface area (Å²) in [5.41, 5.74) is 9.72. The molecule has 2 nitrogen and oxygen atoms in total. The molecule has 108 valence electrons. The fourth-order valence-corrected chi connectivity index (χ4v) is 5.68.